The number of nitrogens with one attached hydrogen (secondary N) is 1. The van der Waals surface area contributed by atoms with Crippen LogP contribution in [0.25, 0.3) is 22.4 Å². The normalized spacial score (nSPS) is 16.7. The molecule has 0 saturated heterocycles. The van der Waals surface area contributed by atoms with Gasteiger partial charge < -0.3 is 10.4 Å². The van der Waals surface area contributed by atoms with E-state index in [1.807, 2.05) is 91.0 Å². The van der Waals surface area contributed by atoms with Gasteiger partial charge in [-0.25, -0.2) is 27.8 Å². The molecule has 2 N–H and O–H groups in total. The second kappa shape index (κ2) is 12.4. The van der Waals surface area contributed by atoms with Crippen molar-refractivity contribution in [3.05, 3.63) is 143 Å². The predicted octanol–water partition coefficient (Wildman–Crippen LogP) is 7.81. The van der Waals surface area contributed by atoms with Crippen molar-refractivity contribution in [3.63, 3.8) is 0 Å². The van der Waals surface area contributed by atoms with Crippen LogP contribution >= 0.6 is 0 Å². The molecule has 0 unspecified atom stereocenters. The summed E-state index contributed by atoms with van der Waals surface area (Å²) in [5, 5.41) is 17.7. The summed E-state index contributed by atoms with van der Waals surface area (Å²) in [6, 6.07) is 30.5. The van der Waals surface area contributed by atoms with E-state index in [-0.39, 0.29) is 40.7 Å². The number of carboxylic acids is 1. The molecule has 3 aromatic carbocycles. The van der Waals surface area contributed by atoms with Gasteiger partial charge in [-0.3, -0.25) is 4.79 Å². The highest BCUT2D eigenvalue weighted by Crippen LogP contribution is 2.44. The molecule has 1 saturated carbocycles. The van der Waals surface area contributed by atoms with E-state index in [0.29, 0.717) is 19.3 Å². The third kappa shape index (κ3) is 5.39. The molecular formula is C37H30F3N5O2. The maximum atomic E-state index is 15.8. The Kier molecular flexibility index (Phi) is 7.93. The second-order valence-electron chi connectivity index (χ2n) is 11.8. The Hall–Kier alpha value is -5.51. The Bertz CT molecular complexity index is 1960. The van der Waals surface area contributed by atoms with E-state index in [4.69, 9.17) is 5.10 Å². The standard InChI is InChI=1S/C37H30F3N5O2/c38-27-20-29-32(33-30(39)21-31(40)34(43-33)42-28-18-10-11-23(19-28)36(46)47)44-45(35(29)41-22-27)37(24-12-4-1-5-13-24,25-14-6-2-7-15-25)26-16-8-3-9-17-26/h1-9,12-17,20-23,28H,10-11,18-19H2,(H,42,43)(H,46,47)/t23-,28+/m1/s1. The summed E-state index contributed by atoms with van der Waals surface area (Å²) in [6.07, 6.45) is 3.15. The highest BCUT2D eigenvalue weighted by Gasteiger charge is 2.42. The number of halogens is 3. The number of nitrogens with zero attached hydrogens (tertiary/aromatic N) is 4. The van der Waals surface area contributed by atoms with Crippen LogP contribution < -0.4 is 5.32 Å². The van der Waals surface area contributed by atoms with Crippen LogP contribution in [0.1, 0.15) is 42.4 Å². The summed E-state index contributed by atoms with van der Waals surface area (Å²) in [4.78, 5) is 20.5. The number of fused-ring (bicyclic) bond motifs is 1. The molecule has 1 fully saturated rings. The van der Waals surface area contributed by atoms with Crippen molar-refractivity contribution in [2.75, 3.05) is 5.32 Å². The smallest absolute Gasteiger partial charge is 0.306 e. The predicted molar refractivity (Wildman–Crippen MR) is 172 cm³/mol. The van der Waals surface area contributed by atoms with E-state index in [9.17, 15) is 14.3 Å². The first-order valence-electron chi connectivity index (χ1n) is 15.4. The minimum absolute atomic E-state index is 0.0215. The summed E-state index contributed by atoms with van der Waals surface area (Å²) in [6.45, 7) is 0. The van der Waals surface area contributed by atoms with Crippen LogP contribution in [-0.2, 0) is 10.3 Å². The molecule has 47 heavy (non-hydrogen) atoms. The molecule has 1 aliphatic carbocycles. The minimum atomic E-state index is -1.16. The zero-order valence-corrected chi connectivity index (χ0v) is 25.2. The largest absolute Gasteiger partial charge is 0.481 e. The number of hydrogen-bond acceptors (Lipinski definition) is 5. The topological polar surface area (TPSA) is 92.9 Å². The molecule has 6 aromatic rings. The number of pyridine rings is 2. The number of anilines is 1. The molecule has 10 heteroatoms. The number of carboxylic acid groups (broad SMARTS) is 1. The van der Waals surface area contributed by atoms with E-state index < -0.39 is 34.9 Å². The van der Waals surface area contributed by atoms with Gasteiger partial charge in [0.1, 0.15) is 22.7 Å². The summed E-state index contributed by atoms with van der Waals surface area (Å²) < 4.78 is 47.6. The van der Waals surface area contributed by atoms with E-state index in [0.717, 1.165) is 29.0 Å². The lowest BCUT2D eigenvalue weighted by Crippen LogP contribution is -2.38. The Balaban J connectivity index is 1.47. The fraction of sp³-hybridized carbons (Fsp3) is 0.189. The Morgan fingerprint density at radius 1 is 0.809 bits per heavy atom. The average molecular weight is 634 g/mol. The van der Waals surface area contributed by atoms with Gasteiger partial charge in [0.2, 0.25) is 0 Å². The van der Waals surface area contributed by atoms with E-state index in [2.05, 4.69) is 15.3 Å². The maximum Gasteiger partial charge on any atom is 0.306 e. The van der Waals surface area contributed by atoms with Crippen molar-refractivity contribution in [3.8, 4) is 11.4 Å². The second-order valence-corrected chi connectivity index (χ2v) is 11.8. The molecule has 236 valence electrons. The zero-order valence-electron chi connectivity index (χ0n) is 25.2. The fourth-order valence-electron chi connectivity index (χ4n) is 6.76. The number of hydrogen-bond donors (Lipinski definition) is 2. The molecule has 7 nitrogen and oxygen atoms in total. The van der Waals surface area contributed by atoms with Crippen molar-refractivity contribution in [1.29, 1.82) is 0 Å². The van der Waals surface area contributed by atoms with Crippen LogP contribution in [0.2, 0.25) is 0 Å². The Morgan fingerprint density at radius 2 is 1.40 bits per heavy atom. The van der Waals surface area contributed by atoms with E-state index >= 15 is 8.78 Å². The van der Waals surface area contributed by atoms with Crippen molar-refractivity contribution < 1.29 is 23.1 Å². The molecule has 0 bridgehead atoms. The summed E-state index contributed by atoms with van der Waals surface area (Å²) in [5.41, 5.74) is 1.25. The van der Waals surface area contributed by atoms with Gasteiger partial charge in [0.15, 0.2) is 23.1 Å². The molecule has 0 aliphatic heterocycles. The molecule has 0 radical (unpaired) electrons. The van der Waals surface area contributed by atoms with Gasteiger partial charge in [0.05, 0.1) is 17.5 Å². The maximum absolute atomic E-state index is 15.8. The van der Waals surface area contributed by atoms with Crippen molar-refractivity contribution in [2.24, 2.45) is 5.92 Å². The van der Waals surface area contributed by atoms with Gasteiger partial charge in [0, 0.05) is 12.1 Å². The van der Waals surface area contributed by atoms with Crippen LogP contribution in [0.15, 0.2) is 109 Å². The number of benzene rings is 3. The van der Waals surface area contributed by atoms with Crippen molar-refractivity contribution in [2.45, 2.75) is 37.3 Å². The molecule has 3 aromatic heterocycles. The highest BCUT2D eigenvalue weighted by molar-refractivity contribution is 5.91. The van der Waals surface area contributed by atoms with Crippen molar-refractivity contribution >= 4 is 22.8 Å². The lowest BCUT2D eigenvalue weighted by molar-refractivity contribution is -0.142. The van der Waals surface area contributed by atoms with Crippen molar-refractivity contribution in [1.82, 2.24) is 19.7 Å². The third-order valence-electron chi connectivity index (χ3n) is 8.90. The molecule has 0 spiro atoms. The van der Waals surface area contributed by atoms with Crippen LogP contribution in [0.3, 0.4) is 0 Å². The Labute approximate surface area is 268 Å². The highest BCUT2D eigenvalue weighted by atomic mass is 19.1. The zero-order chi connectivity index (χ0) is 32.5. The van der Waals surface area contributed by atoms with Gasteiger partial charge in [-0.05, 0) is 42.0 Å². The summed E-state index contributed by atoms with van der Waals surface area (Å²) >= 11 is 0. The monoisotopic (exact) mass is 633 g/mol. The SMILES string of the molecule is O=C(O)[C@@H]1CCC[C@H](Nc2nc(-c3nn(C(c4ccccc4)(c4ccccc4)c4ccccc4)c4ncc(F)cc34)c(F)cc2F)C1. The molecular weight excluding hydrogens is 603 g/mol. The third-order valence-corrected chi connectivity index (χ3v) is 8.90. The molecule has 0 amide bonds. The van der Waals surface area contributed by atoms with Crippen LogP contribution in [0.4, 0.5) is 19.0 Å². The van der Waals surface area contributed by atoms with Gasteiger partial charge in [-0.15, -0.1) is 0 Å². The lowest BCUT2D eigenvalue weighted by Gasteiger charge is -2.36. The fourth-order valence-corrected chi connectivity index (χ4v) is 6.76. The molecule has 2 atom stereocenters. The molecule has 1 aliphatic rings. The van der Waals surface area contributed by atoms with Gasteiger partial charge >= 0.3 is 5.97 Å². The molecule has 7 rings (SSSR count). The van der Waals surface area contributed by atoms with Gasteiger partial charge in [0.25, 0.3) is 0 Å². The quantitative estimate of drug-likeness (QED) is 0.166. The Morgan fingerprint density at radius 3 is 1.98 bits per heavy atom. The molecule has 3 heterocycles. The number of rotatable bonds is 8. The van der Waals surface area contributed by atoms with E-state index in [1.165, 1.54) is 6.07 Å². The number of aliphatic carboxylic acids is 1. The first kappa shape index (κ1) is 30.2. The number of aromatic nitrogens is 4. The first-order chi connectivity index (χ1) is 22.9. The number of carbonyl (C=O) groups is 1. The van der Waals surface area contributed by atoms with Crippen LogP contribution in [0.5, 0.6) is 0 Å². The van der Waals surface area contributed by atoms with Gasteiger partial charge in [-0.2, -0.15) is 5.10 Å². The summed E-state index contributed by atoms with van der Waals surface area (Å²) in [7, 11) is 0. The van der Waals surface area contributed by atoms with Crippen LogP contribution in [-0.4, -0.2) is 36.9 Å². The first-order valence-corrected chi connectivity index (χ1v) is 15.4. The van der Waals surface area contributed by atoms with Gasteiger partial charge in [-0.1, -0.05) is 97.4 Å². The summed E-state index contributed by atoms with van der Waals surface area (Å²) in [5.74, 6) is -4.28. The average Bonchev–Trinajstić information content (AvgIpc) is 3.46. The van der Waals surface area contributed by atoms with E-state index in [1.54, 1.807) is 4.68 Å². The lowest BCUT2D eigenvalue weighted by atomic mass is 9.77. The minimum Gasteiger partial charge on any atom is -0.481 e. The van der Waals surface area contributed by atoms with Crippen LogP contribution in [0, 0.1) is 23.4 Å².